The van der Waals surface area contributed by atoms with Gasteiger partial charge in [0, 0.05) is 30.4 Å². The average Bonchev–Trinajstić information content (AvgIpc) is 3.72. The van der Waals surface area contributed by atoms with E-state index in [0.29, 0.717) is 48.0 Å². The molecule has 2 aromatic carbocycles. The molecule has 1 amide bonds. The van der Waals surface area contributed by atoms with Crippen LogP contribution < -0.4 is 5.48 Å². The van der Waals surface area contributed by atoms with Crippen LogP contribution >= 0.6 is 0 Å². The second-order valence-electron chi connectivity index (χ2n) is 9.39. The number of hydrogen-bond acceptors (Lipinski definition) is 4. The molecule has 0 radical (unpaired) electrons. The summed E-state index contributed by atoms with van der Waals surface area (Å²) in [4.78, 5) is 15.3. The molecule has 5 nitrogen and oxygen atoms in total. The van der Waals surface area contributed by atoms with Crippen molar-refractivity contribution in [3.8, 4) is 11.1 Å². The van der Waals surface area contributed by atoms with Crippen LogP contribution in [0.15, 0.2) is 53.4 Å². The normalized spacial score (nSPS) is 19.6. The van der Waals surface area contributed by atoms with Crippen molar-refractivity contribution in [3.63, 3.8) is 0 Å². The summed E-state index contributed by atoms with van der Waals surface area (Å²) in [6, 6.07) is 13.5. The topological polar surface area (TPSA) is 69.6 Å². The maximum absolute atomic E-state index is 13.5. The van der Waals surface area contributed by atoms with E-state index in [4.69, 9.17) is 0 Å². The summed E-state index contributed by atoms with van der Waals surface area (Å²) in [7, 11) is -1.71. The summed E-state index contributed by atoms with van der Waals surface area (Å²) in [6.45, 7) is 1.26. The number of nitrogens with one attached hydrogen (secondary N) is 1. The number of rotatable bonds is 8. The molecule has 1 atom stereocenters. The number of hydrogen-bond donors (Lipinski definition) is 2. The Labute approximate surface area is 208 Å². The minimum Gasteiger partial charge on any atom is -0.300 e. The molecular formula is C25H27F5N2O3S. The number of benzene rings is 2. The van der Waals surface area contributed by atoms with Crippen molar-refractivity contribution < 1.29 is 36.2 Å². The quantitative estimate of drug-likeness (QED) is 0.283. The van der Waals surface area contributed by atoms with E-state index in [1.165, 1.54) is 12.1 Å². The first-order valence-electron chi connectivity index (χ1n) is 11.7. The van der Waals surface area contributed by atoms with Crippen LogP contribution in [-0.4, -0.2) is 56.2 Å². The van der Waals surface area contributed by atoms with Gasteiger partial charge in [-0.2, -0.15) is 22.0 Å². The average molecular weight is 531 g/mol. The van der Waals surface area contributed by atoms with Crippen molar-refractivity contribution in [2.24, 2.45) is 0 Å². The third kappa shape index (κ3) is 5.47. The van der Waals surface area contributed by atoms with Gasteiger partial charge in [0.05, 0.1) is 10.8 Å². The third-order valence-corrected chi connectivity index (χ3v) is 9.04. The van der Waals surface area contributed by atoms with Crippen LogP contribution in [-0.2, 0) is 22.0 Å². The number of likely N-dealkylation sites (tertiary alicyclic amines) is 1. The first kappa shape index (κ1) is 26.7. The second kappa shape index (κ2) is 10.2. The van der Waals surface area contributed by atoms with Gasteiger partial charge < -0.3 is 4.90 Å². The van der Waals surface area contributed by atoms with Crippen LogP contribution in [0, 0.1) is 0 Å². The molecule has 2 aliphatic rings. The van der Waals surface area contributed by atoms with E-state index in [2.05, 4.69) is 4.90 Å². The first-order valence-corrected chi connectivity index (χ1v) is 12.9. The lowest BCUT2D eigenvalue weighted by atomic mass is 9.94. The van der Waals surface area contributed by atoms with Crippen LogP contribution in [0.25, 0.3) is 11.1 Å². The fourth-order valence-electron chi connectivity index (χ4n) is 4.59. The Bertz CT molecular complexity index is 1090. The van der Waals surface area contributed by atoms with Gasteiger partial charge >= 0.3 is 12.1 Å². The number of amides is 1. The van der Waals surface area contributed by atoms with E-state index in [1.54, 1.807) is 41.9 Å². The predicted octanol–water partition coefficient (Wildman–Crippen LogP) is 5.09. The SMILES string of the molecule is O=C(NO)C1(S(=O)c2ccc(-c3ccc(CCC(F)(F)C(F)(F)F)cc3)cc2)CCN(C2CC2)CC1. The molecular weight excluding hydrogens is 503 g/mol. The Morgan fingerprint density at radius 1 is 0.972 bits per heavy atom. The standard InChI is InChI=1S/C25H27F5N2O3S/c26-24(27,25(28,29)30)12-11-17-1-3-18(4-2-17)19-5-9-21(10-6-19)36(35)23(22(33)31-34)13-15-32(16-14-23)20-7-8-20/h1-6,9-10,20,34H,7-8,11-16H2,(H,31,33). The molecule has 1 aliphatic carbocycles. The maximum atomic E-state index is 13.5. The minimum atomic E-state index is -5.57. The van der Waals surface area contributed by atoms with Gasteiger partial charge in [0.25, 0.3) is 5.91 Å². The summed E-state index contributed by atoms with van der Waals surface area (Å²) in [6.07, 6.45) is -4.33. The van der Waals surface area contributed by atoms with Crippen molar-refractivity contribution in [2.45, 2.75) is 66.3 Å². The van der Waals surface area contributed by atoms with Crippen molar-refractivity contribution in [3.05, 3.63) is 54.1 Å². The Kier molecular flexibility index (Phi) is 7.55. The molecule has 0 spiro atoms. The van der Waals surface area contributed by atoms with Gasteiger partial charge in [-0.3, -0.25) is 14.2 Å². The van der Waals surface area contributed by atoms with Crippen LogP contribution in [0.3, 0.4) is 0 Å². The number of halogens is 5. The summed E-state index contributed by atoms with van der Waals surface area (Å²) in [5, 5.41) is 9.33. The van der Waals surface area contributed by atoms with E-state index in [9.17, 15) is 36.2 Å². The molecule has 2 N–H and O–H groups in total. The number of carbonyl (C=O) groups is 1. The lowest BCUT2D eigenvalue weighted by Gasteiger charge is -2.39. The molecule has 11 heteroatoms. The van der Waals surface area contributed by atoms with E-state index < -0.39 is 46.4 Å². The highest BCUT2D eigenvalue weighted by Crippen LogP contribution is 2.39. The van der Waals surface area contributed by atoms with E-state index in [-0.39, 0.29) is 0 Å². The van der Waals surface area contributed by atoms with Crippen molar-refractivity contribution in [2.75, 3.05) is 13.1 Å². The van der Waals surface area contributed by atoms with Crippen LogP contribution in [0.4, 0.5) is 22.0 Å². The molecule has 4 rings (SSSR count). The van der Waals surface area contributed by atoms with Crippen LogP contribution in [0.5, 0.6) is 0 Å². The van der Waals surface area contributed by atoms with Crippen molar-refractivity contribution in [1.29, 1.82) is 0 Å². The van der Waals surface area contributed by atoms with Crippen LogP contribution in [0.1, 0.15) is 37.7 Å². The zero-order chi connectivity index (χ0) is 26.1. The highest BCUT2D eigenvalue weighted by Gasteiger charge is 2.56. The predicted molar refractivity (Wildman–Crippen MR) is 124 cm³/mol. The molecule has 1 saturated carbocycles. The summed E-state index contributed by atoms with van der Waals surface area (Å²) >= 11 is 0. The van der Waals surface area contributed by atoms with Gasteiger partial charge in [0.2, 0.25) is 0 Å². The smallest absolute Gasteiger partial charge is 0.300 e. The Morgan fingerprint density at radius 3 is 1.97 bits per heavy atom. The van der Waals surface area contributed by atoms with E-state index >= 15 is 0 Å². The minimum absolute atomic E-state index is 0.356. The lowest BCUT2D eigenvalue weighted by molar-refractivity contribution is -0.284. The number of piperidine rings is 1. The van der Waals surface area contributed by atoms with Gasteiger partial charge in [-0.15, -0.1) is 0 Å². The zero-order valence-electron chi connectivity index (χ0n) is 19.4. The Morgan fingerprint density at radius 2 is 1.50 bits per heavy atom. The molecule has 0 aromatic heterocycles. The number of alkyl halides is 5. The fourth-order valence-corrected chi connectivity index (χ4v) is 6.19. The molecule has 0 bridgehead atoms. The summed E-state index contributed by atoms with van der Waals surface area (Å²) in [5.74, 6) is -5.40. The monoisotopic (exact) mass is 530 g/mol. The molecule has 1 aliphatic heterocycles. The van der Waals surface area contributed by atoms with Gasteiger partial charge in [-0.25, -0.2) is 5.48 Å². The molecule has 36 heavy (non-hydrogen) atoms. The van der Waals surface area contributed by atoms with Crippen LogP contribution in [0.2, 0.25) is 0 Å². The molecule has 1 heterocycles. The highest BCUT2D eigenvalue weighted by atomic mass is 32.2. The molecule has 196 valence electrons. The molecule has 1 unspecified atom stereocenters. The number of nitrogens with zero attached hydrogens (tertiary/aromatic N) is 1. The highest BCUT2D eigenvalue weighted by molar-refractivity contribution is 7.87. The van der Waals surface area contributed by atoms with E-state index in [1.807, 2.05) is 0 Å². The fraction of sp³-hybridized carbons (Fsp3) is 0.480. The Balaban J connectivity index is 1.44. The van der Waals surface area contributed by atoms with Crippen molar-refractivity contribution in [1.82, 2.24) is 10.4 Å². The molecule has 2 aromatic rings. The molecule has 1 saturated heterocycles. The summed E-state index contributed by atoms with van der Waals surface area (Å²) < 4.78 is 75.7. The molecule has 2 fully saturated rings. The van der Waals surface area contributed by atoms with Gasteiger partial charge in [0.1, 0.15) is 4.75 Å². The first-order chi connectivity index (χ1) is 17.0. The third-order valence-electron chi connectivity index (χ3n) is 7.04. The van der Waals surface area contributed by atoms with Gasteiger partial charge in [-0.05, 0) is 60.9 Å². The maximum Gasteiger partial charge on any atom is 0.453 e. The number of carbonyl (C=O) groups excluding carboxylic acids is 1. The largest absolute Gasteiger partial charge is 0.453 e. The second-order valence-corrected chi connectivity index (χ2v) is 11.2. The van der Waals surface area contributed by atoms with Gasteiger partial charge in [0.15, 0.2) is 0 Å². The number of aryl methyl sites for hydroxylation is 1. The zero-order valence-corrected chi connectivity index (χ0v) is 20.2. The van der Waals surface area contributed by atoms with E-state index in [0.717, 1.165) is 18.4 Å². The van der Waals surface area contributed by atoms with Gasteiger partial charge in [-0.1, -0.05) is 36.4 Å². The Hall–Kier alpha value is -2.37. The lowest BCUT2D eigenvalue weighted by Crippen LogP contribution is -2.56. The number of hydroxylamine groups is 1. The summed E-state index contributed by atoms with van der Waals surface area (Å²) in [5.41, 5.74) is 3.49. The van der Waals surface area contributed by atoms with Crippen molar-refractivity contribution >= 4 is 16.7 Å².